The van der Waals surface area contributed by atoms with Gasteiger partial charge in [-0.1, -0.05) is 156 Å². The lowest BCUT2D eigenvalue weighted by Crippen LogP contribution is -2.00. The maximum absolute atomic E-state index is 5.69. The highest BCUT2D eigenvalue weighted by molar-refractivity contribution is 4.51. The second-order valence-corrected chi connectivity index (χ2v) is 10.2. The Kier molecular flexibility index (Phi) is 27.0. The maximum atomic E-state index is 5.69. The van der Waals surface area contributed by atoms with E-state index in [1.54, 1.807) is 0 Å². The largest absolute Gasteiger partial charge is 0.381 e. The van der Waals surface area contributed by atoms with E-state index in [4.69, 9.17) is 4.74 Å². The Morgan fingerprint density at radius 3 is 1.00 bits per heavy atom. The fourth-order valence-electron chi connectivity index (χ4n) is 4.23. The Morgan fingerprint density at radius 2 is 0.700 bits per heavy atom. The van der Waals surface area contributed by atoms with Crippen molar-refractivity contribution in [2.24, 2.45) is 5.92 Å². The molecule has 0 amide bonds. The summed E-state index contributed by atoms with van der Waals surface area (Å²) in [4.78, 5) is 0. The predicted octanol–water partition coefficient (Wildman–Crippen LogP) is 10.7. The van der Waals surface area contributed by atoms with E-state index < -0.39 is 0 Å². The predicted molar refractivity (Wildman–Crippen MR) is 138 cm³/mol. The van der Waals surface area contributed by atoms with Gasteiger partial charge in [0, 0.05) is 13.2 Å². The standard InChI is InChI=1S/C29H60O/c1-4-5-6-7-8-9-10-11-12-13-14-15-16-17-18-19-20-21-22-23-24-25-27-30-28-26-29(2)3/h29H,4-28H2,1-3H3. The molecular formula is C29H60O. The van der Waals surface area contributed by atoms with E-state index in [1.165, 1.54) is 148 Å². The van der Waals surface area contributed by atoms with E-state index >= 15 is 0 Å². The lowest BCUT2D eigenvalue weighted by atomic mass is 10.0. The molecule has 0 bridgehead atoms. The highest BCUT2D eigenvalue weighted by Crippen LogP contribution is 2.15. The van der Waals surface area contributed by atoms with Crippen molar-refractivity contribution in [3.63, 3.8) is 0 Å². The van der Waals surface area contributed by atoms with Crippen molar-refractivity contribution >= 4 is 0 Å². The lowest BCUT2D eigenvalue weighted by Gasteiger charge is -2.06. The van der Waals surface area contributed by atoms with E-state index in [1.807, 2.05) is 0 Å². The fourth-order valence-corrected chi connectivity index (χ4v) is 4.23. The molecule has 0 radical (unpaired) electrons. The molecule has 0 aromatic rings. The Labute approximate surface area is 192 Å². The van der Waals surface area contributed by atoms with Crippen LogP contribution in [0.5, 0.6) is 0 Å². The summed E-state index contributed by atoms with van der Waals surface area (Å²) in [6.07, 6.45) is 33.1. The Hall–Kier alpha value is -0.0400. The van der Waals surface area contributed by atoms with Crippen LogP contribution in [0.15, 0.2) is 0 Å². The smallest absolute Gasteiger partial charge is 0.0468 e. The molecule has 1 heteroatoms. The number of rotatable bonds is 26. The first-order valence-electron chi connectivity index (χ1n) is 14.3. The van der Waals surface area contributed by atoms with Gasteiger partial charge in [0.25, 0.3) is 0 Å². The molecule has 0 N–H and O–H groups in total. The first-order chi connectivity index (χ1) is 14.8. The van der Waals surface area contributed by atoms with Gasteiger partial charge in [0.15, 0.2) is 0 Å². The molecule has 0 aliphatic rings. The van der Waals surface area contributed by atoms with Gasteiger partial charge in [-0.05, 0) is 18.8 Å². The fraction of sp³-hybridized carbons (Fsp3) is 1.00. The molecule has 0 spiro atoms. The zero-order chi connectivity index (χ0) is 22.0. The molecule has 0 aromatic carbocycles. The van der Waals surface area contributed by atoms with Crippen LogP contribution in [-0.2, 0) is 4.74 Å². The lowest BCUT2D eigenvalue weighted by molar-refractivity contribution is 0.119. The van der Waals surface area contributed by atoms with Gasteiger partial charge in [0.1, 0.15) is 0 Å². The first kappa shape index (κ1) is 30.0. The van der Waals surface area contributed by atoms with E-state index in [2.05, 4.69) is 20.8 Å². The molecule has 0 saturated carbocycles. The Balaban J connectivity index is 2.99. The molecule has 1 nitrogen and oxygen atoms in total. The van der Waals surface area contributed by atoms with Crippen LogP contribution in [0.4, 0.5) is 0 Å². The van der Waals surface area contributed by atoms with Gasteiger partial charge in [-0.15, -0.1) is 0 Å². The van der Waals surface area contributed by atoms with Crippen LogP contribution in [0.2, 0.25) is 0 Å². The van der Waals surface area contributed by atoms with Crippen molar-refractivity contribution in [1.29, 1.82) is 0 Å². The topological polar surface area (TPSA) is 9.23 Å². The molecule has 0 aromatic heterocycles. The zero-order valence-electron chi connectivity index (χ0n) is 21.7. The van der Waals surface area contributed by atoms with Crippen LogP contribution in [-0.4, -0.2) is 13.2 Å². The quantitative estimate of drug-likeness (QED) is 0.125. The average molecular weight is 425 g/mol. The van der Waals surface area contributed by atoms with Crippen molar-refractivity contribution in [2.75, 3.05) is 13.2 Å². The normalized spacial score (nSPS) is 11.6. The van der Waals surface area contributed by atoms with Crippen LogP contribution in [0.25, 0.3) is 0 Å². The summed E-state index contributed by atoms with van der Waals surface area (Å²) in [6, 6.07) is 0. The summed E-state index contributed by atoms with van der Waals surface area (Å²) in [5, 5.41) is 0. The minimum atomic E-state index is 0.773. The molecule has 0 fully saturated rings. The Bertz CT molecular complexity index is 286. The minimum absolute atomic E-state index is 0.773. The van der Waals surface area contributed by atoms with Gasteiger partial charge in [0.05, 0.1) is 0 Å². The zero-order valence-corrected chi connectivity index (χ0v) is 21.7. The average Bonchev–Trinajstić information content (AvgIpc) is 2.73. The summed E-state index contributed by atoms with van der Waals surface area (Å²) in [6.45, 7) is 8.77. The van der Waals surface area contributed by atoms with Crippen LogP contribution in [0.3, 0.4) is 0 Å². The van der Waals surface area contributed by atoms with Crippen molar-refractivity contribution in [3.05, 3.63) is 0 Å². The summed E-state index contributed by atoms with van der Waals surface area (Å²) in [5.41, 5.74) is 0. The van der Waals surface area contributed by atoms with E-state index in [0.29, 0.717) is 0 Å². The molecule has 0 saturated heterocycles. The van der Waals surface area contributed by atoms with E-state index in [0.717, 1.165) is 19.1 Å². The summed E-state index contributed by atoms with van der Waals surface area (Å²) in [5.74, 6) is 0.773. The number of ether oxygens (including phenoxy) is 1. The van der Waals surface area contributed by atoms with Gasteiger partial charge in [-0.25, -0.2) is 0 Å². The van der Waals surface area contributed by atoms with Gasteiger partial charge in [-0.3, -0.25) is 0 Å². The molecule has 0 aliphatic heterocycles. The van der Waals surface area contributed by atoms with E-state index in [9.17, 15) is 0 Å². The number of hydrogen-bond acceptors (Lipinski definition) is 1. The highest BCUT2D eigenvalue weighted by atomic mass is 16.5. The third kappa shape index (κ3) is 28.0. The van der Waals surface area contributed by atoms with Gasteiger partial charge >= 0.3 is 0 Å². The van der Waals surface area contributed by atoms with Gasteiger partial charge in [-0.2, -0.15) is 0 Å². The third-order valence-electron chi connectivity index (χ3n) is 6.48. The number of hydrogen-bond donors (Lipinski definition) is 0. The van der Waals surface area contributed by atoms with Crippen LogP contribution < -0.4 is 0 Å². The van der Waals surface area contributed by atoms with Crippen molar-refractivity contribution in [2.45, 2.75) is 168 Å². The molecule has 0 aliphatic carbocycles. The molecule has 182 valence electrons. The van der Waals surface area contributed by atoms with Gasteiger partial charge < -0.3 is 4.74 Å². The second-order valence-electron chi connectivity index (χ2n) is 10.2. The van der Waals surface area contributed by atoms with Crippen molar-refractivity contribution in [1.82, 2.24) is 0 Å². The summed E-state index contributed by atoms with van der Waals surface area (Å²) in [7, 11) is 0. The molecular weight excluding hydrogens is 364 g/mol. The van der Waals surface area contributed by atoms with Crippen LogP contribution >= 0.6 is 0 Å². The van der Waals surface area contributed by atoms with Crippen LogP contribution in [0, 0.1) is 5.92 Å². The number of unbranched alkanes of at least 4 members (excludes halogenated alkanes) is 21. The molecule has 0 atom stereocenters. The van der Waals surface area contributed by atoms with Gasteiger partial charge in [0.2, 0.25) is 0 Å². The first-order valence-corrected chi connectivity index (χ1v) is 14.3. The second kappa shape index (κ2) is 27.0. The monoisotopic (exact) mass is 424 g/mol. The summed E-state index contributed by atoms with van der Waals surface area (Å²) >= 11 is 0. The summed E-state index contributed by atoms with van der Waals surface area (Å²) < 4.78 is 5.69. The maximum Gasteiger partial charge on any atom is 0.0468 e. The van der Waals surface area contributed by atoms with Crippen LogP contribution in [0.1, 0.15) is 168 Å². The molecule has 30 heavy (non-hydrogen) atoms. The molecule has 0 heterocycles. The highest BCUT2D eigenvalue weighted by Gasteiger charge is 1.97. The minimum Gasteiger partial charge on any atom is -0.381 e. The van der Waals surface area contributed by atoms with Crippen molar-refractivity contribution < 1.29 is 4.74 Å². The van der Waals surface area contributed by atoms with E-state index in [-0.39, 0.29) is 0 Å². The molecule has 0 unspecified atom stereocenters. The Morgan fingerprint density at radius 1 is 0.400 bits per heavy atom. The SMILES string of the molecule is CCCCCCCCCCCCCCCCCCCCCCCCOCCC(C)C. The third-order valence-corrected chi connectivity index (χ3v) is 6.48. The molecule has 0 rings (SSSR count). The van der Waals surface area contributed by atoms with Crippen molar-refractivity contribution in [3.8, 4) is 0 Å².